The molecule has 34 heavy (non-hydrogen) atoms. The number of ether oxygens (including phenoxy) is 1. The second-order valence-corrected chi connectivity index (χ2v) is 10.8. The predicted octanol–water partition coefficient (Wildman–Crippen LogP) is 1.96. The zero-order valence-corrected chi connectivity index (χ0v) is 19.5. The van der Waals surface area contributed by atoms with Gasteiger partial charge in [-0.2, -0.15) is 0 Å². The van der Waals surface area contributed by atoms with Gasteiger partial charge in [0.25, 0.3) is 11.4 Å². The van der Waals surface area contributed by atoms with E-state index in [1.807, 2.05) is 0 Å². The van der Waals surface area contributed by atoms with Gasteiger partial charge in [-0.25, -0.2) is 4.79 Å². The number of nitrogens with zero attached hydrogens (tertiary/aromatic N) is 2. The second-order valence-electron chi connectivity index (χ2n) is 8.69. The fourth-order valence-corrected chi connectivity index (χ4v) is 6.67. The number of benzene rings is 2. The zero-order chi connectivity index (χ0) is 24.8. The Morgan fingerprint density at radius 3 is 2.32 bits per heavy atom. The minimum absolute atomic E-state index is 0.113. The number of non-ortho nitro benzene ring substituents is 1. The number of esters is 1. The smallest absolute Gasteiger partial charge is 0.359 e. The van der Waals surface area contributed by atoms with Crippen LogP contribution in [0.4, 0.5) is 5.69 Å². The summed E-state index contributed by atoms with van der Waals surface area (Å²) in [6.45, 7) is 4.06. The van der Waals surface area contributed by atoms with E-state index in [0.717, 1.165) is 0 Å². The summed E-state index contributed by atoms with van der Waals surface area (Å²) in [6, 6.07) is 14.3. The maximum atomic E-state index is 13.6. The number of nitro benzene ring substituents is 1. The van der Waals surface area contributed by atoms with Crippen LogP contribution >= 0.6 is 0 Å². The van der Waals surface area contributed by atoms with E-state index in [0.29, 0.717) is 11.1 Å². The van der Waals surface area contributed by atoms with Crippen LogP contribution in [0, 0.1) is 10.1 Å². The molecular formula is C23H23N3O7S. The van der Waals surface area contributed by atoms with Gasteiger partial charge in [0.05, 0.1) is 4.92 Å². The molecule has 2 fully saturated rings. The van der Waals surface area contributed by atoms with Gasteiger partial charge in [0.1, 0.15) is 12.5 Å². The van der Waals surface area contributed by atoms with E-state index in [4.69, 9.17) is 4.74 Å². The van der Waals surface area contributed by atoms with Crippen molar-refractivity contribution in [3.05, 3.63) is 75.8 Å². The van der Waals surface area contributed by atoms with Crippen LogP contribution in [0.3, 0.4) is 0 Å². The summed E-state index contributed by atoms with van der Waals surface area (Å²) in [5.41, 5.74) is -0.936. The molecule has 0 aromatic heterocycles. The summed E-state index contributed by atoms with van der Waals surface area (Å²) in [7, 11) is 0. The van der Waals surface area contributed by atoms with Crippen molar-refractivity contribution in [2.24, 2.45) is 0 Å². The number of carbonyl (C=O) groups excluding carboxylic acids is 3. The number of rotatable bonds is 6. The fraction of sp³-hybridized carbons (Fsp3) is 0.348. The Morgan fingerprint density at radius 2 is 1.76 bits per heavy atom. The average Bonchev–Trinajstić information content (AvgIpc) is 2.94. The topological polar surface area (TPSA) is 142 Å². The van der Waals surface area contributed by atoms with Crippen LogP contribution in [0.2, 0.25) is 0 Å². The number of nitro groups is 1. The first-order valence-corrected chi connectivity index (χ1v) is 11.7. The monoisotopic (exact) mass is 485 g/mol. The molecule has 0 spiro atoms. The highest BCUT2D eigenvalue weighted by Crippen LogP contribution is 2.56. The Hall–Kier alpha value is -3.44. The molecule has 10 nitrogen and oxygen atoms in total. The molecule has 2 heterocycles. The predicted molar refractivity (Wildman–Crippen MR) is 121 cm³/mol. The maximum Gasteiger partial charge on any atom is 0.359 e. The summed E-state index contributed by atoms with van der Waals surface area (Å²) < 4.78 is 17.7. The maximum absolute atomic E-state index is 13.6. The Balaban J connectivity index is 1.66. The molecule has 2 aromatic carbocycles. The first kappa shape index (κ1) is 23.7. The van der Waals surface area contributed by atoms with Crippen LogP contribution in [0.1, 0.15) is 37.8 Å². The first-order chi connectivity index (χ1) is 16.0. The van der Waals surface area contributed by atoms with Crippen molar-refractivity contribution in [3.8, 4) is 0 Å². The van der Waals surface area contributed by atoms with Crippen LogP contribution in [0.15, 0.2) is 54.6 Å². The summed E-state index contributed by atoms with van der Waals surface area (Å²) in [5.74, 6) is -2.66. The second kappa shape index (κ2) is 8.41. The van der Waals surface area contributed by atoms with Gasteiger partial charge in [-0.15, -0.1) is 0 Å². The molecule has 178 valence electrons. The van der Waals surface area contributed by atoms with Crippen LogP contribution in [0.25, 0.3) is 0 Å². The van der Waals surface area contributed by atoms with E-state index < -0.39 is 55.6 Å². The highest BCUT2D eigenvalue weighted by molar-refractivity contribution is 7.94. The molecule has 2 aliphatic rings. The largest absolute Gasteiger partial charge is 0.614 e. The van der Waals surface area contributed by atoms with Crippen molar-refractivity contribution in [2.75, 3.05) is 0 Å². The van der Waals surface area contributed by atoms with Crippen molar-refractivity contribution >= 4 is 34.6 Å². The van der Waals surface area contributed by atoms with E-state index in [1.54, 1.807) is 44.2 Å². The van der Waals surface area contributed by atoms with Gasteiger partial charge >= 0.3 is 5.97 Å². The van der Waals surface area contributed by atoms with Crippen molar-refractivity contribution in [3.63, 3.8) is 0 Å². The molecule has 11 heteroatoms. The van der Waals surface area contributed by atoms with Crippen LogP contribution < -0.4 is 5.32 Å². The SMILES string of the molecule is CC(=O)NC1(C(=O)OCc2ccc([N+](=O)[O-])cc2)N2C(=O)C(c3ccccc3)[C@H]2[S+]([O-])C1(C)C. The van der Waals surface area contributed by atoms with E-state index in [2.05, 4.69) is 5.32 Å². The lowest BCUT2D eigenvalue weighted by molar-refractivity contribution is -0.384. The third-order valence-electron chi connectivity index (χ3n) is 6.33. The van der Waals surface area contributed by atoms with Crippen molar-refractivity contribution in [1.29, 1.82) is 0 Å². The van der Waals surface area contributed by atoms with E-state index in [1.165, 1.54) is 36.1 Å². The lowest BCUT2D eigenvalue weighted by Crippen LogP contribution is -2.76. The third-order valence-corrected chi connectivity index (χ3v) is 8.55. The third kappa shape index (κ3) is 3.43. The van der Waals surface area contributed by atoms with E-state index in [-0.39, 0.29) is 12.3 Å². The molecule has 0 bridgehead atoms. The molecule has 0 aliphatic carbocycles. The molecule has 4 atom stereocenters. The van der Waals surface area contributed by atoms with Gasteiger partial charge in [-0.1, -0.05) is 30.3 Å². The standard InChI is InChI=1S/C23H23N3O7S/c1-14(27)24-23(21(29)33-13-15-9-11-17(12-10-15)26(30)31)22(2,3)34(32)20-18(19(28)25(20)23)16-7-5-4-6-8-16/h4-12,18,20H,13H2,1-3H3,(H,24,27)/t18?,20-,23?,34?/m1/s1. The van der Waals surface area contributed by atoms with Gasteiger partial charge in [-0.3, -0.25) is 24.6 Å². The summed E-state index contributed by atoms with van der Waals surface area (Å²) in [6.07, 6.45) is 0. The van der Waals surface area contributed by atoms with Gasteiger partial charge in [0, 0.05) is 19.1 Å². The molecule has 2 amide bonds. The van der Waals surface area contributed by atoms with E-state index in [9.17, 15) is 29.1 Å². The molecule has 2 aromatic rings. The molecule has 2 saturated heterocycles. The molecular weight excluding hydrogens is 462 g/mol. The highest BCUT2D eigenvalue weighted by Gasteiger charge is 2.81. The van der Waals surface area contributed by atoms with Crippen molar-refractivity contribution < 1.29 is 28.6 Å². The number of β-lactam (4-membered cyclic amide) rings is 1. The summed E-state index contributed by atoms with van der Waals surface area (Å²) in [4.78, 5) is 50.5. The highest BCUT2D eigenvalue weighted by atomic mass is 32.2. The quantitative estimate of drug-likeness (QED) is 0.217. The van der Waals surface area contributed by atoms with Gasteiger partial charge < -0.3 is 14.6 Å². The lowest BCUT2D eigenvalue weighted by Gasteiger charge is -2.46. The van der Waals surface area contributed by atoms with Crippen LogP contribution in [-0.4, -0.2) is 47.9 Å². The zero-order valence-electron chi connectivity index (χ0n) is 18.7. The molecule has 3 unspecified atom stereocenters. The normalized spacial score (nSPS) is 26.9. The number of carbonyl (C=O) groups is 3. The number of nitrogens with one attached hydrogen (secondary N) is 1. The Morgan fingerprint density at radius 1 is 1.15 bits per heavy atom. The number of hydrogen-bond donors (Lipinski definition) is 1. The Labute approximate surface area is 198 Å². The fourth-order valence-electron chi connectivity index (χ4n) is 4.57. The molecule has 0 radical (unpaired) electrons. The molecule has 2 aliphatic heterocycles. The van der Waals surface area contributed by atoms with Gasteiger partial charge in [0.2, 0.25) is 17.2 Å². The van der Waals surface area contributed by atoms with E-state index >= 15 is 0 Å². The Kier molecular flexibility index (Phi) is 5.86. The minimum atomic E-state index is -1.97. The lowest BCUT2D eigenvalue weighted by atomic mass is 9.83. The minimum Gasteiger partial charge on any atom is -0.614 e. The van der Waals surface area contributed by atoms with Crippen LogP contribution in [-0.2, 0) is 36.9 Å². The number of fused-ring (bicyclic) bond motifs is 1. The van der Waals surface area contributed by atoms with Crippen molar-refractivity contribution in [2.45, 2.75) is 49.1 Å². The average molecular weight is 486 g/mol. The molecule has 4 rings (SSSR count). The number of amides is 2. The van der Waals surface area contributed by atoms with Crippen LogP contribution in [0.5, 0.6) is 0 Å². The summed E-state index contributed by atoms with van der Waals surface area (Å²) >= 11 is -1.72. The number of hydrogen-bond acceptors (Lipinski definition) is 7. The molecule has 0 saturated carbocycles. The first-order valence-electron chi connectivity index (χ1n) is 10.5. The van der Waals surface area contributed by atoms with Gasteiger partial charge in [0.15, 0.2) is 4.75 Å². The molecule has 1 N–H and O–H groups in total. The van der Waals surface area contributed by atoms with Crippen molar-refractivity contribution in [1.82, 2.24) is 10.2 Å². The van der Waals surface area contributed by atoms with Gasteiger partial charge in [-0.05, 0) is 48.3 Å². The summed E-state index contributed by atoms with van der Waals surface area (Å²) in [5, 5.41) is 12.6. The Bertz CT molecular complexity index is 1150.